The number of hydrogen-bond donors (Lipinski definition) is 1. The fraction of sp³-hybridized carbons (Fsp3) is 0.450. The second-order valence-corrected chi connectivity index (χ2v) is 7.94. The summed E-state index contributed by atoms with van der Waals surface area (Å²) >= 11 is 6.46. The fourth-order valence-electron chi connectivity index (χ4n) is 4.08. The van der Waals surface area contributed by atoms with E-state index in [1.165, 1.54) is 4.68 Å². The molecule has 1 atom stereocenters. The molecule has 0 amide bonds. The summed E-state index contributed by atoms with van der Waals surface area (Å²) in [6.07, 6.45) is 4.33. The lowest BCUT2D eigenvalue weighted by atomic mass is 10.2. The molecule has 4 heterocycles. The molecule has 0 bridgehead atoms. The van der Waals surface area contributed by atoms with E-state index in [4.69, 9.17) is 16.3 Å². The van der Waals surface area contributed by atoms with Crippen molar-refractivity contribution in [3.8, 4) is 5.95 Å². The maximum atomic E-state index is 12.9. The van der Waals surface area contributed by atoms with Gasteiger partial charge in [0, 0.05) is 39.3 Å². The van der Waals surface area contributed by atoms with Gasteiger partial charge in [-0.05, 0) is 25.0 Å². The number of aromatic nitrogens is 4. The Hall–Kier alpha value is -2.42. The number of fused-ring (bicyclic) bond motifs is 1. The maximum absolute atomic E-state index is 12.9. The molecule has 2 saturated heterocycles. The van der Waals surface area contributed by atoms with E-state index in [9.17, 15) is 4.79 Å². The van der Waals surface area contributed by atoms with Crippen LogP contribution < -0.4 is 10.5 Å². The van der Waals surface area contributed by atoms with Crippen LogP contribution in [0, 0.1) is 0 Å². The minimum Gasteiger partial charge on any atom is -0.377 e. The molecule has 8 nitrogen and oxygen atoms in total. The van der Waals surface area contributed by atoms with Crippen LogP contribution in [0.1, 0.15) is 12.8 Å². The summed E-state index contributed by atoms with van der Waals surface area (Å²) in [4.78, 5) is 25.0. The molecule has 0 spiro atoms. The van der Waals surface area contributed by atoms with Gasteiger partial charge < -0.3 is 14.6 Å². The van der Waals surface area contributed by atoms with Crippen molar-refractivity contribution in [2.75, 3.05) is 44.2 Å². The molecule has 2 aliphatic heterocycles. The number of halogens is 1. The van der Waals surface area contributed by atoms with Crippen LogP contribution in [0.5, 0.6) is 0 Å². The van der Waals surface area contributed by atoms with Gasteiger partial charge in [-0.25, -0.2) is 4.98 Å². The molecule has 2 aliphatic rings. The molecular formula is C20H23ClN6O2. The Kier molecular flexibility index (Phi) is 4.99. The van der Waals surface area contributed by atoms with E-state index < -0.39 is 0 Å². The highest BCUT2D eigenvalue weighted by atomic mass is 35.5. The Balaban J connectivity index is 1.33. The lowest BCUT2D eigenvalue weighted by molar-refractivity contribution is 0.0712. The Morgan fingerprint density at radius 2 is 2.03 bits per heavy atom. The first-order valence-electron chi connectivity index (χ1n) is 10.0. The average molecular weight is 415 g/mol. The third-order valence-electron chi connectivity index (χ3n) is 5.68. The quantitative estimate of drug-likeness (QED) is 0.704. The predicted octanol–water partition coefficient (Wildman–Crippen LogP) is 2.06. The standard InChI is InChI=1S/C20H23ClN6O2/c21-18-17(26-9-7-25(8-10-26)13-14-4-3-11-29-14)12-22-27(19(18)28)20-23-15-5-1-2-6-16(15)24-20/h1-2,5-6,12,14H,3-4,7-11,13H2,(H,23,24). The third kappa shape index (κ3) is 3.63. The highest BCUT2D eigenvalue weighted by Gasteiger charge is 2.25. The second-order valence-electron chi connectivity index (χ2n) is 7.56. The van der Waals surface area contributed by atoms with Crippen LogP contribution in [0.25, 0.3) is 17.0 Å². The lowest BCUT2D eigenvalue weighted by Gasteiger charge is -2.37. The largest absolute Gasteiger partial charge is 0.377 e. The van der Waals surface area contributed by atoms with Gasteiger partial charge in [-0.2, -0.15) is 9.78 Å². The number of ether oxygens (including phenoxy) is 1. The number of nitrogens with zero attached hydrogens (tertiary/aromatic N) is 5. The molecular weight excluding hydrogens is 392 g/mol. The number of hydrogen-bond acceptors (Lipinski definition) is 6. The summed E-state index contributed by atoms with van der Waals surface area (Å²) in [6, 6.07) is 7.60. The average Bonchev–Trinajstić information content (AvgIpc) is 3.40. The fourth-order valence-corrected chi connectivity index (χ4v) is 4.33. The number of para-hydroxylation sites is 2. The van der Waals surface area contributed by atoms with Crippen LogP contribution in [0.4, 0.5) is 5.69 Å². The smallest absolute Gasteiger partial charge is 0.295 e. The van der Waals surface area contributed by atoms with Gasteiger partial charge in [-0.15, -0.1) is 0 Å². The number of anilines is 1. The minimum atomic E-state index is -0.370. The van der Waals surface area contributed by atoms with Crippen molar-refractivity contribution in [1.29, 1.82) is 0 Å². The van der Waals surface area contributed by atoms with E-state index in [0.717, 1.165) is 63.2 Å². The Morgan fingerprint density at radius 3 is 2.79 bits per heavy atom. The molecule has 2 fully saturated rings. The van der Waals surface area contributed by atoms with E-state index in [1.54, 1.807) is 6.20 Å². The highest BCUT2D eigenvalue weighted by Crippen LogP contribution is 2.24. The summed E-state index contributed by atoms with van der Waals surface area (Å²) in [5.41, 5.74) is 1.93. The Bertz CT molecular complexity index is 1030. The van der Waals surface area contributed by atoms with Gasteiger partial charge in [0.1, 0.15) is 5.02 Å². The molecule has 1 unspecified atom stereocenters. The van der Waals surface area contributed by atoms with E-state index in [2.05, 4.69) is 24.9 Å². The summed E-state index contributed by atoms with van der Waals surface area (Å²) in [5, 5.41) is 4.51. The van der Waals surface area contributed by atoms with Gasteiger partial charge in [0.25, 0.3) is 5.56 Å². The molecule has 1 aromatic carbocycles. The van der Waals surface area contributed by atoms with Crippen molar-refractivity contribution < 1.29 is 4.74 Å². The van der Waals surface area contributed by atoms with Crippen molar-refractivity contribution in [1.82, 2.24) is 24.6 Å². The number of imidazole rings is 1. The van der Waals surface area contributed by atoms with Gasteiger partial charge in [-0.1, -0.05) is 23.7 Å². The Labute approximate surface area is 173 Å². The summed E-state index contributed by atoms with van der Waals surface area (Å²) in [5.74, 6) is 0.367. The first kappa shape index (κ1) is 18.6. The molecule has 0 radical (unpaired) electrons. The van der Waals surface area contributed by atoms with Crippen LogP contribution >= 0.6 is 11.6 Å². The molecule has 2 aromatic heterocycles. The minimum absolute atomic E-state index is 0.174. The summed E-state index contributed by atoms with van der Waals surface area (Å²) in [7, 11) is 0. The zero-order valence-corrected chi connectivity index (χ0v) is 16.8. The number of benzene rings is 1. The van der Waals surface area contributed by atoms with Crippen molar-refractivity contribution in [3.05, 3.63) is 45.8 Å². The van der Waals surface area contributed by atoms with Crippen molar-refractivity contribution in [2.24, 2.45) is 0 Å². The first-order valence-corrected chi connectivity index (χ1v) is 10.4. The molecule has 152 valence electrons. The number of piperazine rings is 1. The molecule has 0 aliphatic carbocycles. The number of aromatic amines is 1. The monoisotopic (exact) mass is 414 g/mol. The van der Waals surface area contributed by atoms with E-state index in [0.29, 0.717) is 17.7 Å². The van der Waals surface area contributed by atoms with Crippen molar-refractivity contribution >= 4 is 28.3 Å². The van der Waals surface area contributed by atoms with Crippen LogP contribution in [-0.2, 0) is 4.74 Å². The molecule has 29 heavy (non-hydrogen) atoms. The van der Waals surface area contributed by atoms with Crippen LogP contribution in [0.2, 0.25) is 5.02 Å². The van der Waals surface area contributed by atoms with Crippen molar-refractivity contribution in [2.45, 2.75) is 18.9 Å². The molecule has 9 heteroatoms. The number of nitrogens with one attached hydrogen (secondary N) is 1. The second kappa shape index (κ2) is 7.78. The van der Waals surface area contributed by atoms with Crippen LogP contribution in [-0.4, -0.2) is 70.1 Å². The Morgan fingerprint density at radius 1 is 1.21 bits per heavy atom. The first-order chi connectivity index (χ1) is 14.2. The maximum Gasteiger partial charge on any atom is 0.295 e. The van der Waals surface area contributed by atoms with Crippen molar-refractivity contribution in [3.63, 3.8) is 0 Å². The van der Waals surface area contributed by atoms with Gasteiger partial charge in [0.15, 0.2) is 0 Å². The molecule has 1 N–H and O–H groups in total. The third-order valence-corrected chi connectivity index (χ3v) is 6.03. The molecule has 0 saturated carbocycles. The SMILES string of the molecule is O=c1c(Cl)c(N2CCN(CC3CCCO3)CC2)cnn1-c1nc2ccccc2[nH]1. The van der Waals surface area contributed by atoms with Gasteiger partial charge in [0.2, 0.25) is 5.95 Å². The van der Waals surface area contributed by atoms with E-state index in [1.807, 2.05) is 24.3 Å². The van der Waals surface area contributed by atoms with E-state index >= 15 is 0 Å². The molecule has 5 rings (SSSR count). The van der Waals surface area contributed by atoms with Crippen LogP contribution in [0.15, 0.2) is 35.3 Å². The summed E-state index contributed by atoms with van der Waals surface area (Å²) in [6.45, 7) is 5.32. The number of H-pyrrole nitrogens is 1. The molecule has 3 aromatic rings. The normalized spacial score (nSPS) is 20.6. The van der Waals surface area contributed by atoms with Crippen LogP contribution in [0.3, 0.4) is 0 Å². The van der Waals surface area contributed by atoms with Gasteiger partial charge in [-0.3, -0.25) is 9.69 Å². The zero-order chi connectivity index (χ0) is 19.8. The zero-order valence-electron chi connectivity index (χ0n) is 16.1. The highest BCUT2D eigenvalue weighted by molar-refractivity contribution is 6.33. The van der Waals surface area contributed by atoms with Gasteiger partial charge >= 0.3 is 0 Å². The topological polar surface area (TPSA) is 79.3 Å². The number of rotatable bonds is 4. The summed E-state index contributed by atoms with van der Waals surface area (Å²) < 4.78 is 6.96. The predicted molar refractivity (Wildman–Crippen MR) is 112 cm³/mol. The lowest BCUT2D eigenvalue weighted by Crippen LogP contribution is -2.49. The van der Waals surface area contributed by atoms with Gasteiger partial charge in [0.05, 0.1) is 29.0 Å². The van der Waals surface area contributed by atoms with E-state index in [-0.39, 0.29) is 10.6 Å².